The van der Waals surface area contributed by atoms with E-state index in [1.807, 2.05) is 12.1 Å². The summed E-state index contributed by atoms with van der Waals surface area (Å²) in [5.74, 6) is 0.867. The summed E-state index contributed by atoms with van der Waals surface area (Å²) in [6.07, 6.45) is 3.88. The van der Waals surface area contributed by atoms with Gasteiger partial charge in [0.15, 0.2) is 0 Å². The van der Waals surface area contributed by atoms with Crippen molar-refractivity contribution < 1.29 is 37.7 Å². The van der Waals surface area contributed by atoms with Gasteiger partial charge >= 0.3 is 18.1 Å². The lowest BCUT2D eigenvalue weighted by molar-refractivity contribution is -0.204. The molecule has 0 spiro atoms. The Balaban J connectivity index is 1.21. The molecule has 0 aromatic heterocycles. The number of ether oxygens (including phenoxy) is 1. The van der Waals surface area contributed by atoms with E-state index in [-0.39, 0.29) is 34.7 Å². The Morgan fingerprint density at radius 1 is 0.979 bits per heavy atom. The highest BCUT2D eigenvalue weighted by Crippen LogP contribution is 2.69. The number of fused-ring (bicyclic) bond motifs is 5. The molecule has 2 aromatic carbocycles. The van der Waals surface area contributed by atoms with Gasteiger partial charge in [-0.15, -0.1) is 0 Å². The number of aliphatic hydroxyl groups is 1. The second-order valence-electron chi connectivity index (χ2n) is 15.9. The van der Waals surface area contributed by atoms with Crippen LogP contribution in [-0.2, 0) is 27.7 Å². The third-order valence-electron chi connectivity index (χ3n) is 13.6. The average molecular weight is 655 g/mol. The number of carboxylic acid groups (broad SMARTS) is 1. The Kier molecular flexibility index (Phi) is 8.85. The number of rotatable bonds is 7. The molecule has 0 unspecified atom stereocenters. The standard InChI is InChI=1S/C39H49F3O5/c1-23(8-9-25-6-5-7-26(20-25)35(44)45)30-14-15-31-34-32(16-17-37(30,31)4)36(3)18-19-38(46,22-29(36)21-33(34)47-24(2)43)27-10-12-28(13-11-27)39(40,41)42/h5-7,10-13,20,23,29-34,46H,8-9,14-19,21-22H2,1-4H3,(H,44,45)/t23-,29-,30-,31+,32+,33-,34+,36+,37-,38+/m1/s1. The van der Waals surface area contributed by atoms with Crippen molar-refractivity contribution in [2.24, 2.45) is 46.3 Å². The molecule has 10 atom stereocenters. The Hall–Kier alpha value is -2.87. The van der Waals surface area contributed by atoms with E-state index in [9.17, 15) is 33.0 Å². The molecule has 0 bridgehead atoms. The number of halogens is 3. The minimum atomic E-state index is -4.43. The van der Waals surface area contributed by atoms with Crippen LogP contribution in [0.4, 0.5) is 13.2 Å². The van der Waals surface area contributed by atoms with Gasteiger partial charge < -0.3 is 14.9 Å². The lowest BCUT2D eigenvalue weighted by Gasteiger charge is -2.63. The van der Waals surface area contributed by atoms with Gasteiger partial charge in [0.1, 0.15) is 6.10 Å². The molecular weight excluding hydrogens is 605 g/mol. The highest BCUT2D eigenvalue weighted by atomic mass is 19.4. The normalized spacial score (nSPS) is 37.3. The number of aryl methyl sites for hydroxylation is 1. The van der Waals surface area contributed by atoms with Crippen LogP contribution in [0.3, 0.4) is 0 Å². The summed E-state index contributed by atoms with van der Waals surface area (Å²) in [7, 11) is 0. The molecule has 4 aliphatic carbocycles. The zero-order valence-electron chi connectivity index (χ0n) is 28.0. The van der Waals surface area contributed by atoms with Gasteiger partial charge in [0.05, 0.1) is 16.7 Å². The molecule has 2 aromatic rings. The van der Waals surface area contributed by atoms with Crippen molar-refractivity contribution in [3.63, 3.8) is 0 Å². The number of alkyl halides is 3. The number of benzene rings is 2. The monoisotopic (exact) mass is 654 g/mol. The molecule has 0 saturated heterocycles. The smallest absolute Gasteiger partial charge is 0.416 e. The van der Waals surface area contributed by atoms with Gasteiger partial charge in [-0.05, 0) is 140 Å². The van der Waals surface area contributed by atoms with E-state index in [1.54, 1.807) is 12.1 Å². The fraction of sp³-hybridized carbons (Fsp3) is 0.641. The van der Waals surface area contributed by atoms with Crippen LogP contribution in [0.1, 0.15) is 113 Å². The highest BCUT2D eigenvalue weighted by Gasteiger charge is 2.64. The Labute approximate surface area is 276 Å². The van der Waals surface area contributed by atoms with Crippen LogP contribution in [0.2, 0.25) is 0 Å². The average Bonchev–Trinajstić information content (AvgIpc) is 3.37. The van der Waals surface area contributed by atoms with Crippen LogP contribution < -0.4 is 0 Å². The summed E-state index contributed by atoms with van der Waals surface area (Å²) < 4.78 is 45.9. The first kappa shape index (κ1) is 34.0. The molecule has 8 heteroatoms. The predicted octanol–water partition coefficient (Wildman–Crippen LogP) is 9.06. The van der Waals surface area contributed by atoms with Crippen LogP contribution in [0.5, 0.6) is 0 Å². The zero-order chi connectivity index (χ0) is 33.9. The molecule has 5 nitrogen and oxygen atoms in total. The van der Waals surface area contributed by atoms with Gasteiger partial charge in [-0.1, -0.05) is 45.0 Å². The lowest BCUT2D eigenvalue weighted by atomic mass is 9.42. The van der Waals surface area contributed by atoms with E-state index in [0.29, 0.717) is 54.1 Å². The van der Waals surface area contributed by atoms with Crippen molar-refractivity contribution >= 4 is 11.9 Å². The SMILES string of the molecule is CC(=O)O[C@@H]1C[C@@H]2C[C@](O)(c3ccc(C(F)(F)F)cc3)CC[C@]2(C)[C@H]2CC[C@]3(C)[C@@H]([C@H](C)CCc4cccc(C(=O)O)c4)CC[C@H]3[C@H]12. The van der Waals surface area contributed by atoms with Crippen LogP contribution in [0, 0.1) is 46.3 Å². The zero-order valence-corrected chi connectivity index (χ0v) is 28.0. The maximum absolute atomic E-state index is 13.2. The van der Waals surface area contributed by atoms with Crippen molar-refractivity contribution in [3.8, 4) is 0 Å². The quantitative estimate of drug-likeness (QED) is 0.291. The van der Waals surface area contributed by atoms with Gasteiger partial charge in [-0.25, -0.2) is 4.79 Å². The third kappa shape index (κ3) is 6.13. The van der Waals surface area contributed by atoms with E-state index in [4.69, 9.17) is 4.74 Å². The van der Waals surface area contributed by atoms with E-state index < -0.39 is 23.3 Å². The molecular formula is C39H49F3O5. The first-order chi connectivity index (χ1) is 22.0. The van der Waals surface area contributed by atoms with E-state index in [1.165, 1.54) is 19.1 Å². The maximum Gasteiger partial charge on any atom is 0.416 e. The highest BCUT2D eigenvalue weighted by molar-refractivity contribution is 5.87. The minimum absolute atomic E-state index is 0.0559. The summed E-state index contributed by atoms with van der Waals surface area (Å²) in [6, 6.07) is 12.2. The van der Waals surface area contributed by atoms with Gasteiger partial charge in [-0.2, -0.15) is 13.2 Å². The summed E-state index contributed by atoms with van der Waals surface area (Å²) >= 11 is 0. The van der Waals surface area contributed by atoms with Gasteiger partial charge in [0, 0.05) is 12.8 Å². The van der Waals surface area contributed by atoms with Crippen LogP contribution in [0.15, 0.2) is 48.5 Å². The summed E-state index contributed by atoms with van der Waals surface area (Å²) in [4.78, 5) is 24.0. The summed E-state index contributed by atoms with van der Waals surface area (Å²) in [5.41, 5.74) is 0.0148. The summed E-state index contributed by atoms with van der Waals surface area (Å²) in [5, 5.41) is 21.3. The van der Waals surface area contributed by atoms with Crippen molar-refractivity contribution in [1.82, 2.24) is 0 Å². The molecule has 2 N–H and O–H groups in total. The van der Waals surface area contributed by atoms with Gasteiger partial charge in [0.25, 0.3) is 0 Å². The minimum Gasteiger partial charge on any atom is -0.478 e. The van der Waals surface area contributed by atoms with Crippen molar-refractivity contribution in [1.29, 1.82) is 0 Å². The van der Waals surface area contributed by atoms with Gasteiger partial charge in [-0.3, -0.25) is 4.79 Å². The molecule has 4 aliphatic rings. The Morgan fingerprint density at radius 2 is 1.68 bits per heavy atom. The molecule has 6 rings (SSSR count). The second kappa shape index (κ2) is 12.2. The largest absolute Gasteiger partial charge is 0.478 e. The van der Waals surface area contributed by atoms with Crippen LogP contribution in [-0.4, -0.2) is 28.3 Å². The number of carbonyl (C=O) groups excluding carboxylic acids is 1. The first-order valence-electron chi connectivity index (χ1n) is 17.4. The second-order valence-corrected chi connectivity index (χ2v) is 15.9. The number of carbonyl (C=O) groups is 2. The molecule has 256 valence electrons. The van der Waals surface area contributed by atoms with Crippen LogP contribution in [0.25, 0.3) is 0 Å². The molecule has 0 radical (unpaired) electrons. The predicted molar refractivity (Wildman–Crippen MR) is 172 cm³/mol. The molecule has 4 fully saturated rings. The maximum atomic E-state index is 13.2. The molecule has 47 heavy (non-hydrogen) atoms. The van der Waals surface area contributed by atoms with E-state index >= 15 is 0 Å². The topological polar surface area (TPSA) is 83.8 Å². The Bertz CT molecular complexity index is 1490. The van der Waals surface area contributed by atoms with Crippen LogP contribution >= 0.6 is 0 Å². The number of hydrogen-bond acceptors (Lipinski definition) is 4. The Morgan fingerprint density at radius 3 is 2.34 bits per heavy atom. The first-order valence-corrected chi connectivity index (χ1v) is 17.4. The lowest BCUT2D eigenvalue weighted by Crippen LogP contribution is -2.60. The number of carboxylic acids is 1. The van der Waals surface area contributed by atoms with E-state index in [0.717, 1.165) is 62.6 Å². The number of esters is 1. The molecule has 4 saturated carbocycles. The number of aromatic carboxylic acids is 1. The number of hydrogen-bond donors (Lipinski definition) is 2. The molecule has 0 amide bonds. The fourth-order valence-electron chi connectivity index (χ4n) is 11.2. The molecule has 0 heterocycles. The van der Waals surface area contributed by atoms with E-state index in [2.05, 4.69) is 20.8 Å². The van der Waals surface area contributed by atoms with Gasteiger partial charge in [0.2, 0.25) is 0 Å². The summed E-state index contributed by atoms with van der Waals surface area (Å²) in [6.45, 7) is 8.63. The van der Waals surface area contributed by atoms with Crippen molar-refractivity contribution in [2.75, 3.05) is 0 Å². The van der Waals surface area contributed by atoms with Crippen molar-refractivity contribution in [2.45, 2.75) is 110 Å². The van der Waals surface area contributed by atoms with Crippen molar-refractivity contribution in [3.05, 3.63) is 70.8 Å². The molecule has 0 aliphatic heterocycles. The fourth-order valence-corrected chi connectivity index (χ4v) is 11.2. The third-order valence-corrected chi connectivity index (χ3v) is 13.6.